The highest BCUT2D eigenvalue weighted by Gasteiger charge is 2.57. The summed E-state index contributed by atoms with van der Waals surface area (Å²) in [4.78, 5) is 22.6. The van der Waals surface area contributed by atoms with Crippen LogP contribution in [0.15, 0.2) is 77.4 Å². The van der Waals surface area contributed by atoms with Crippen molar-refractivity contribution in [3.63, 3.8) is 0 Å². The van der Waals surface area contributed by atoms with E-state index in [9.17, 15) is 4.79 Å². The van der Waals surface area contributed by atoms with E-state index in [2.05, 4.69) is 25.9 Å². The first-order valence-electron chi connectivity index (χ1n) is 12.7. The number of carbonyl (C=O) groups is 1. The summed E-state index contributed by atoms with van der Waals surface area (Å²) in [6.45, 7) is 1.40. The van der Waals surface area contributed by atoms with Gasteiger partial charge in [0.15, 0.2) is 0 Å². The van der Waals surface area contributed by atoms with Gasteiger partial charge >= 0.3 is 6.09 Å². The minimum absolute atomic E-state index is 0.000880. The van der Waals surface area contributed by atoms with Gasteiger partial charge in [0, 0.05) is 40.2 Å². The minimum Gasteiger partial charge on any atom is -0.445 e. The molecule has 0 bridgehead atoms. The number of hydrogen-bond donors (Lipinski definition) is 1. The molecule has 0 radical (unpaired) electrons. The number of imidazole rings is 1. The molecule has 1 atom stereocenters. The van der Waals surface area contributed by atoms with E-state index in [0.717, 1.165) is 24.2 Å². The third-order valence-electron chi connectivity index (χ3n) is 8.21. The van der Waals surface area contributed by atoms with Crippen molar-refractivity contribution in [3.8, 4) is 22.4 Å². The Bertz CT molecular complexity index is 1560. The molecule has 2 aliphatic carbocycles. The van der Waals surface area contributed by atoms with E-state index in [0.29, 0.717) is 39.9 Å². The second-order valence-corrected chi connectivity index (χ2v) is 11.5. The molecule has 7 rings (SSSR count). The number of likely N-dealkylation sites (tertiary alicyclic amines) is 1. The van der Waals surface area contributed by atoms with Gasteiger partial charge in [-0.3, -0.25) is 0 Å². The number of H-pyrrole nitrogens is 1. The van der Waals surface area contributed by atoms with Gasteiger partial charge in [-0.05, 0) is 53.1 Å². The molecule has 192 valence electrons. The molecule has 1 unspecified atom stereocenters. The van der Waals surface area contributed by atoms with E-state index < -0.39 is 5.92 Å². The molecule has 1 spiro atoms. The fourth-order valence-corrected chi connectivity index (χ4v) is 6.35. The standard InChI is InChI=1S/C30H24BrF2N3O2/c31-20-7-9-22-21-8-6-19(12-23(21)30(32,33)24(22)13-20)26-14-34-27(35-26)25-15-36(17-29(25)10-11-29)28(37)38-16-18-4-2-1-3-5-18/h1-9,12-14,25H,10-11,15-17H2,(H,34,35). The number of halogens is 3. The van der Waals surface area contributed by atoms with E-state index in [-0.39, 0.29) is 35.2 Å². The fourth-order valence-electron chi connectivity index (χ4n) is 5.99. The Hall–Kier alpha value is -3.52. The minimum atomic E-state index is -3.07. The van der Waals surface area contributed by atoms with Crippen LogP contribution in [0.2, 0.25) is 0 Å². The molecule has 3 aliphatic rings. The Morgan fingerprint density at radius 3 is 2.55 bits per heavy atom. The summed E-state index contributed by atoms with van der Waals surface area (Å²) in [5.74, 6) is -2.23. The molecule has 1 N–H and O–H groups in total. The Balaban J connectivity index is 1.11. The van der Waals surface area contributed by atoms with Crippen LogP contribution < -0.4 is 0 Å². The highest BCUT2D eigenvalue weighted by Crippen LogP contribution is 2.60. The topological polar surface area (TPSA) is 58.2 Å². The van der Waals surface area contributed by atoms with Crippen LogP contribution in [0.4, 0.5) is 13.6 Å². The van der Waals surface area contributed by atoms with Crippen molar-refractivity contribution < 1.29 is 18.3 Å². The van der Waals surface area contributed by atoms with Crippen molar-refractivity contribution in [1.82, 2.24) is 14.9 Å². The predicted octanol–water partition coefficient (Wildman–Crippen LogP) is 7.48. The maximum Gasteiger partial charge on any atom is 0.410 e. The summed E-state index contributed by atoms with van der Waals surface area (Å²) >= 11 is 3.32. The van der Waals surface area contributed by atoms with Gasteiger partial charge in [-0.2, -0.15) is 8.78 Å². The molecular weight excluding hydrogens is 552 g/mol. The molecule has 8 heteroatoms. The first-order valence-corrected chi connectivity index (χ1v) is 13.5. The summed E-state index contributed by atoms with van der Waals surface area (Å²) < 4.78 is 36.9. The van der Waals surface area contributed by atoms with Gasteiger partial charge in [0.05, 0.1) is 11.9 Å². The lowest BCUT2D eigenvalue weighted by Gasteiger charge is -2.16. The lowest BCUT2D eigenvalue weighted by molar-refractivity contribution is 0.0480. The maximum absolute atomic E-state index is 15.4. The quantitative estimate of drug-likeness (QED) is 0.274. The van der Waals surface area contributed by atoms with Crippen LogP contribution in [-0.2, 0) is 17.3 Å². The van der Waals surface area contributed by atoms with Gasteiger partial charge in [0.25, 0.3) is 5.92 Å². The van der Waals surface area contributed by atoms with Crippen LogP contribution in [0.5, 0.6) is 0 Å². The Labute approximate surface area is 227 Å². The van der Waals surface area contributed by atoms with Crippen molar-refractivity contribution in [2.75, 3.05) is 13.1 Å². The number of amides is 1. The molecule has 2 heterocycles. The van der Waals surface area contributed by atoms with Gasteiger partial charge in [-0.1, -0.05) is 64.5 Å². The summed E-state index contributed by atoms with van der Waals surface area (Å²) in [6.07, 6.45) is 3.44. The van der Waals surface area contributed by atoms with E-state index in [1.165, 1.54) is 6.07 Å². The van der Waals surface area contributed by atoms with Crippen LogP contribution in [-0.4, -0.2) is 34.1 Å². The molecular formula is C30H24BrF2N3O2. The van der Waals surface area contributed by atoms with Gasteiger partial charge in [-0.15, -0.1) is 0 Å². The smallest absolute Gasteiger partial charge is 0.410 e. The molecule has 1 saturated carbocycles. The average Bonchev–Trinajstić information content (AvgIpc) is 3.27. The highest BCUT2D eigenvalue weighted by molar-refractivity contribution is 9.10. The van der Waals surface area contributed by atoms with Crippen molar-refractivity contribution in [2.24, 2.45) is 5.41 Å². The molecule has 1 aromatic heterocycles. The van der Waals surface area contributed by atoms with E-state index in [1.807, 2.05) is 36.4 Å². The van der Waals surface area contributed by atoms with Crippen LogP contribution in [0.25, 0.3) is 22.4 Å². The molecule has 4 aromatic rings. The number of ether oxygens (including phenoxy) is 1. The number of rotatable bonds is 4. The van der Waals surface area contributed by atoms with Gasteiger partial charge in [-0.25, -0.2) is 9.78 Å². The number of alkyl halides is 2. The zero-order chi connectivity index (χ0) is 26.1. The summed E-state index contributed by atoms with van der Waals surface area (Å²) in [7, 11) is 0. The van der Waals surface area contributed by atoms with Gasteiger partial charge in [0.2, 0.25) is 0 Å². The lowest BCUT2D eigenvalue weighted by atomic mass is 9.92. The lowest BCUT2D eigenvalue weighted by Crippen LogP contribution is -2.29. The Morgan fingerprint density at radius 2 is 1.79 bits per heavy atom. The van der Waals surface area contributed by atoms with Crippen LogP contribution >= 0.6 is 15.9 Å². The number of hydrogen-bond acceptors (Lipinski definition) is 3. The molecule has 1 saturated heterocycles. The number of benzene rings is 3. The Morgan fingerprint density at radius 1 is 1.05 bits per heavy atom. The molecule has 1 aliphatic heterocycles. The van der Waals surface area contributed by atoms with Crippen LogP contribution in [0.1, 0.15) is 41.3 Å². The number of fused-ring (bicyclic) bond motifs is 3. The van der Waals surface area contributed by atoms with E-state index in [4.69, 9.17) is 4.74 Å². The number of aromatic nitrogens is 2. The number of nitrogens with one attached hydrogen (secondary N) is 1. The van der Waals surface area contributed by atoms with Gasteiger partial charge < -0.3 is 14.6 Å². The molecule has 5 nitrogen and oxygen atoms in total. The van der Waals surface area contributed by atoms with E-state index >= 15 is 8.78 Å². The second-order valence-electron chi connectivity index (χ2n) is 10.5. The van der Waals surface area contributed by atoms with E-state index in [1.54, 1.807) is 35.4 Å². The second kappa shape index (κ2) is 8.50. The number of nitrogens with zero attached hydrogens (tertiary/aromatic N) is 2. The SMILES string of the molecule is O=C(OCc1ccccc1)N1CC(c2ncc(-c3ccc4c(c3)C(F)(F)c3cc(Br)ccc3-4)[nH]2)C2(CC2)C1. The largest absolute Gasteiger partial charge is 0.445 e. The van der Waals surface area contributed by atoms with Crippen molar-refractivity contribution in [2.45, 2.75) is 31.3 Å². The fraction of sp³-hybridized carbons (Fsp3) is 0.267. The number of carbonyl (C=O) groups excluding carboxylic acids is 1. The van der Waals surface area contributed by atoms with Crippen molar-refractivity contribution in [1.29, 1.82) is 0 Å². The van der Waals surface area contributed by atoms with Crippen molar-refractivity contribution >= 4 is 22.0 Å². The zero-order valence-corrected chi connectivity index (χ0v) is 22.0. The maximum atomic E-state index is 15.4. The van der Waals surface area contributed by atoms with Crippen molar-refractivity contribution in [3.05, 3.63) is 99.9 Å². The zero-order valence-electron chi connectivity index (χ0n) is 20.4. The first kappa shape index (κ1) is 23.6. The molecule has 2 fully saturated rings. The summed E-state index contributed by atoms with van der Waals surface area (Å²) in [6, 6.07) is 19.8. The third-order valence-corrected chi connectivity index (χ3v) is 8.70. The monoisotopic (exact) mass is 575 g/mol. The normalized spacial score (nSPS) is 19.9. The third kappa shape index (κ3) is 3.76. The van der Waals surface area contributed by atoms with Crippen LogP contribution in [0.3, 0.4) is 0 Å². The molecule has 1 amide bonds. The van der Waals surface area contributed by atoms with Gasteiger partial charge in [0.1, 0.15) is 12.4 Å². The molecule has 3 aromatic carbocycles. The summed E-state index contributed by atoms with van der Waals surface area (Å²) in [5, 5.41) is 0. The number of aromatic amines is 1. The highest BCUT2D eigenvalue weighted by atomic mass is 79.9. The average molecular weight is 576 g/mol. The predicted molar refractivity (Wildman–Crippen MR) is 143 cm³/mol. The summed E-state index contributed by atoms with van der Waals surface area (Å²) in [5.41, 5.74) is 3.44. The Kier molecular flexibility index (Phi) is 5.27. The molecule has 38 heavy (non-hydrogen) atoms. The first-order chi connectivity index (χ1) is 18.3. The van der Waals surface area contributed by atoms with Crippen LogP contribution in [0, 0.1) is 5.41 Å².